The second-order valence-electron chi connectivity index (χ2n) is 9.23. The first kappa shape index (κ1) is 32.5. The van der Waals surface area contributed by atoms with Crippen molar-refractivity contribution in [1.29, 1.82) is 0 Å². The molecule has 0 atom stereocenters. The highest BCUT2D eigenvalue weighted by Gasteiger charge is 2.25. The van der Waals surface area contributed by atoms with Gasteiger partial charge in [-0.05, 0) is 75.7 Å². The summed E-state index contributed by atoms with van der Waals surface area (Å²) in [6, 6.07) is 12.5. The second kappa shape index (κ2) is 15.2. The number of unbranched alkanes of at least 4 members (excludes halogenated alkanes) is 2. The number of carbonyl (C=O) groups excluding carboxylic acids is 1. The highest BCUT2D eigenvalue weighted by Crippen LogP contribution is 2.32. The highest BCUT2D eigenvalue weighted by atomic mass is 35.5. The maximum absolute atomic E-state index is 13.6. The summed E-state index contributed by atoms with van der Waals surface area (Å²) in [4.78, 5) is 23.5. The average Bonchev–Trinajstić information content (AvgIpc) is 3.31. The van der Waals surface area contributed by atoms with Crippen LogP contribution in [0.25, 0.3) is 10.2 Å². The van der Waals surface area contributed by atoms with Crippen molar-refractivity contribution in [3.63, 3.8) is 0 Å². The normalized spacial score (nSPS) is 11.8. The molecule has 2 aromatic carbocycles. The Morgan fingerprint density at radius 1 is 0.947 bits per heavy atom. The lowest BCUT2D eigenvalue weighted by molar-refractivity contribution is 0.0985. The van der Waals surface area contributed by atoms with E-state index in [2.05, 4.69) is 19.9 Å². The van der Waals surface area contributed by atoms with E-state index in [4.69, 9.17) is 4.98 Å². The number of sulfonamides is 1. The number of hydrogen-bond acceptors (Lipinski definition) is 7. The van der Waals surface area contributed by atoms with E-state index >= 15 is 0 Å². The van der Waals surface area contributed by atoms with Gasteiger partial charge in [-0.15, -0.1) is 24.2 Å². The van der Waals surface area contributed by atoms with Gasteiger partial charge in [-0.25, -0.2) is 13.4 Å². The van der Waals surface area contributed by atoms with Crippen molar-refractivity contribution in [2.75, 3.05) is 51.4 Å². The molecule has 0 saturated heterocycles. The minimum absolute atomic E-state index is 0. The number of thiazole rings is 1. The van der Waals surface area contributed by atoms with Gasteiger partial charge in [0, 0.05) is 36.6 Å². The van der Waals surface area contributed by atoms with Gasteiger partial charge in [-0.2, -0.15) is 4.31 Å². The Labute approximate surface area is 242 Å². The van der Waals surface area contributed by atoms with E-state index in [9.17, 15) is 13.2 Å². The molecule has 11 heteroatoms. The summed E-state index contributed by atoms with van der Waals surface area (Å²) in [6.45, 7) is 6.28. The molecule has 0 unspecified atom stereocenters. The molecule has 0 radical (unpaired) electrons. The number of halogens is 1. The van der Waals surface area contributed by atoms with Crippen molar-refractivity contribution in [2.24, 2.45) is 0 Å². The molecule has 1 amide bonds. The minimum atomic E-state index is -3.62. The van der Waals surface area contributed by atoms with E-state index in [0.717, 1.165) is 40.8 Å². The van der Waals surface area contributed by atoms with Crippen LogP contribution in [0.1, 0.15) is 49.9 Å². The zero-order valence-corrected chi connectivity index (χ0v) is 26.1. The van der Waals surface area contributed by atoms with E-state index in [0.29, 0.717) is 36.9 Å². The van der Waals surface area contributed by atoms with E-state index in [1.807, 2.05) is 37.4 Å². The topological polar surface area (TPSA) is 73.8 Å². The van der Waals surface area contributed by atoms with Gasteiger partial charge in [-0.1, -0.05) is 38.0 Å². The molecular weight excluding hydrogens is 560 g/mol. The number of hydrogen-bond donors (Lipinski definition) is 0. The fourth-order valence-electron chi connectivity index (χ4n) is 3.81. The minimum Gasteiger partial charge on any atom is -0.308 e. The van der Waals surface area contributed by atoms with Crippen molar-refractivity contribution in [1.82, 2.24) is 14.2 Å². The Bertz CT molecular complexity index is 1270. The van der Waals surface area contributed by atoms with Gasteiger partial charge in [0.05, 0.1) is 15.1 Å². The van der Waals surface area contributed by atoms with Crippen LogP contribution in [0.3, 0.4) is 0 Å². The van der Waals surface area contributed by atoms with Gasteiger partial charge < -0.3 is 4.90 Å². The van der Waals surface area contributed by atoms with Gasteiger partial charge >= 0.3 is 0 Å². The standard InChI is InChI=1S/C27H38N4O3S3.ClH/c1-6-8-16-30(17-9-7-2)37(33,34)23-13-10-21(11-14-23)26(32)31(19-18-29(3)4)27-28-24-15-12-22(35-5)20-25(24)36-27;/h10-15,20H,6-9,16-19H2,1-5H3;1H. The van der Waals surface area contributed by atoms with Crippen molar-refractivity contribution in [2.45, 2.75) is 49.3 Å². The van der Waals surface area contributed by atoms with Crippen LogP contribution in [0.5, 0.6) is 0 Å². The lowest BCUT2D eigenvalue weighted by Gasteiger charge is -2.23. The van der Waals surface area contributed by atoms with Crippen molar-refractivity contribution < 1.29 is 13.2 Å². The molecule has 38 heavy (non-hydrogen) atoms. The number of rotatable bonds is 14. The number of carbonyl (C=O) groups is 1. The molecule has 210 valence electrons. The highest BCUT2D eigenvalue weighted by molar-refractivity contribution is 7.98. The van der Waals surface area contributed by atoms with Crippen LogP contribution >= 0.6 is 35.5 Å². The number of anilines is 1. The molecule has 0 aliphatic rings. The summed E-state index contributed by atoms with van der Waals surface area (Å²) < 4.78 is 29.3. The molecule has 0 aliphatic carbocycles. The van der Waals surface area contributed by atoms with Crippen molar-refractivity contribution in [3.05, 3.63) is 48.0 Å². The maximum Gasteiger partial charge on any atom is 0.260 e. The quantitative estimate of drug-likeness (QED) is 0.205. The lowest BCUT2D eigenvalue weighted by Crippen LogP contribution is -2.37. The number of likely N-dealkylation sites (N-methyl/N-ethyl adjacent to an activating group) is 1. The average molecular weight is 599 g/mol. The van der Waals surface area contributed by atoms with Gasteiger partial charge in [0.15, 0.2) is 5.13 Å². The monoisotopic (exact) mass is 598 g/mol. The summed E-state index contributed by atoms with van der Waals surface area (Å²) in [6.07, 6.45) is 5.53. The smallest absolute Gasteiger partial charge is 0.260 e. The summed E-state index contributed by atoms with van der Waals surface area (Å²) in [5.74, 6) is -0.191. The Kier molecular flexibility index (Phi) is 13.0. The summed E-state index contributed by atoms with van der Waals surface area (Å²) in [5.41, 5.74) is 1.30. The molecule has 0 bridgehead atoms. The number of aromatic nitrogens is 1. The SMILES string of the molecule is CCCCN(CCCC)S(=O)(=O)c1ccc(C(=O)N(CCN(C)C)c2nc3ccc(SC)cc3s2)cc1.Cl. The predicted octanol–water partition coefficient (Wildman–Crippen LogP) is 6.24. The van der Waals surface area contributed by atoms with Crippen molar-refractivity contribution in [3.8, 4) is 0 Å². The van der Waals surface area contributed by atoms with E-state index in [1.54, 1.807) is 45.2 Å². The lowest BCUT2D eigenvalue weighted by atomic mass is 10.2. The third kappa shape index (κ3) is 8.16. The maximum atomic E-state index is 13.6. The third-order valence-electron chi connectivity index (χ3n) is 6.09. The van der Waals surface area contributed by atoms with Crippen LogP contribution in [-0.4, -0.2) is 75.0 Å². The molecule has 0 aliphatic heterocycles. The van der Waals surface area contributed by atoms with E-state index in [-0.39, 0.29) is 23.2 Å². The first-order chi connectivity index (χ1) is 17.7. The number of nitrogens with zero attached hydrogens (tertiary/aromatic N) is 4. The fraction of sp³-hybridized carbons (Fsp3) is 0.481. The van der Waals surface area contributed by atoms with Gasteiger partial charge in [0.2, 0.25) is 10.0 Å². The first-order valence-electron chi connectivity index (χ1n) is 12.7. The van der Waals surface area contributed by atoms with Crippen LogP contribution in [0.4, 0.5) is 5.13 Å². The Balaban J connectivity index is 0.00000507. The third-order valence-corrected chi connectivity index (χ3v) is 9.77. The summed E-state index contributed by atoms with van der Waals surface area (Å²) in [7, 11) is 0.317. The number of amides is 1. The first-order valence-corrected chi connectivity index (χ1v) is 16.2. The van der Waals surface area contributed by atoms with Gasteiger partial charge in [0.25, 0.3) is 5.91 Å². The molecule has 0 saturated carbocycles. The van der Waals surface area contributed by atoms with Gasteiger partial charge in [0.1, 0.15) is 0 Å². The molecule has 7 nitrogen and oxygen atoms in total. The van der Waals surface area contributed by atoms with Crippen LogP contribution in [0, 0.1) is 0 Å². The molecular formula is C27H39ClN4O3S3. The summed E-state index contributed by atoms with van der Waals surface area (Å²) in [5, 5.41) is 0.641. The molecule has 1 aromatic heterocycles. The molecule has 0 spiro atoms. The summed E-state index contributed by atoms with van der Waals surface area (Å²) >= 11 is 3.17. The number of fused-ring (bicyclic) bond motifs is 1. The zero-order valence-electron chi connectivity index (χ0n) is 22.8. The molecule has 3 aromatic rings. The molecule has 0 N–H and O–H groups in total. The Hall–Kier alpha value is -1.69. The number of thioether (sulfide) groups is 1. The zero-order chi connectivity index (χ0) is 27.0. The van der Waals surface area contributed by atoms with Crippen LogP contribution in [-0.2, 0) is 10.0 Å². The molecule has 0 fully saturated rings. The molecule has 3 rings (SSSR count). The fourth-order valence-corrected chi connectivity index (χ4v) is 6.88. The van der Waals surface area contributed by atoms with Crippen LogP contribution in [0.15, 0.2) is 52.3 Å². The van der Waals surface area contributed by atoms with Gasteiger partial charge in [-0.3, -0.25) is 9.69 Å². The second-order valence-corrected chi connectivity index (χ2v) is 13.1. The Morgan fingerprint density at radius 2 is 1.58 bits per heavy atom. The van der Waals surface area contributed by atoms with Crippen molar-refractivity contribution >= 4 is 66.8 Å². The largest absolute Gasteiger partial charge is 0.308 e. The number of benzene rings is 2. The van der Waals surface area contributed by atoms with Crippen LogP contribution in [0.2, 0.25) is 0 Å². The Morgan fingerprint density at radius 3 is 2.13 bits per heavy atom. The predicted molar refractivity (Wildman–Crippen MR) is 164 cm³/mol. The van der Waals surface area contributed by atoms with E-state index < -0.39 is 10.0 Å². The molecule has 1 heterocycles. The van der Waals surface area contributed by atoms with Crippen LogP contribution < -0.4 is 4.90 Å². The van der Waals surface area contributed by atoms with E-state index in [1.165, 1.54) is 11.3 Å².